The van der Waals surface area contributed by atoms with Crippen LogP contribution in [0.15, 0.2) is 11.6 Å². The summed E-state index contributed by atoms with van der Waals surface area (Å²) < 4.78 is 10.7. The Hall–Kier alpha value is -1.40. The summed E-state index contributed by atoms with van der Waals surface area (Å²) in [5.41, 5.74) is -1.16. The molecule has 1 heterocycles. The molecule has 5 rings (SSSR count). The Bertz CT molecular complexity index is 836. The quantitative estimate of drug-likeness (QED) is 0.651. The molecule has 4 aliphatic carbocycles. The highest BCUT2D eigenvalue weighted by Crippen LogP contribution is 2.70. The molecular weight excluding hydrogens is 396 g/mol. The van der Waals surface area contributed by atoms with Crippen LogP contribution in [0.3, 0.4) is 0 Å². The van der Waals surface area contributed by atoms with Gasteiger partial charge in [0.1, 0.15) is 12.7 Å². The molecule has 0 bridgehead atoms. The van der Waals surface area contributed by atoms with Crippen LogP contribution in [0.25, 0.3) is 0 Å². The minimum Gasteiger partial charge on any atom is -0.462 e. The molecule has 4 fully saturated rings. The van der Waals surface area contributed by atoms with Crippen LogP contribution in [0.1, 0.15) is 78.6 Å². The predicted octanol–water partition coefficient (Wildman–Crippen LogP) is 3.29. The first-order chi connectivity index (χ1) is 14.5. The molecule has 0 unspecified atom stereocenters. The Morgan fingerprint density at radius 1 is 1.03 bits per heavy atom. The lowest BCUT2D eigenvalue weighted by atomic mass is 9.42. The lowest BCUT2D eigenvalue weighted by Crippen LogP contribution is -2.67. The first-order valence-corrected chi connectivity index (χ1v) is 12.0. The third-order valence-corrected chi connectivity index (χ3v) is 10.4. The van der Waals surface area contributed by atoms with Gasteiger partial charge in [-0.3, -0.25) is 4.79 Å². The van der Waals surface area contributed by atoms with Crippen molar-refractivity contribution in [1.29, 1.82) is 0 Å². The second-order valence-corrected chi connectivity index (χ2v) is 11.5. The van der Waals surface area contributed by atoms with Crippen molar-refractivity contribution in [3.63, 3.8) is 0 Å². The van der Waals surface area contributed by atoms with Crippen molar-refractivity contribution < 1.29 is 29.3 Å². The SMILES string of the molecule is CC(=O)O[C@H]1CC[C@]2(C)[C@@H]3CC[C@@]4(C)[C@H](C5=CC(=O)OC5)CC[C@]4(O)[C@H]3CC[C@@]2(O)C1. The lowest BCUT2D eigenvalue weighted by molar-refractivity contribution is -0.256. The summed E-state index contributed by atoms with van der Waals surface area (Å²) in [6, 6.07) is 0. The molecule has 172 valence electrons. The Kier molecular flexibility index (Phi) is 4.70. The summed E-state index contributed by atoms with van der Waals surface area (Å²) in [7, 11) is 0. The van der Waals surface area contributed by atoms with Gasteiger partial charge < -0.3 is 19.7 Å². The summed E-state index contributed by atoms with van der Waals surface area (Å²) in [5, 5.41) is 24.0. The zero-order chi connectivity index (χ0) is 22.2. The summed E-state index contributed by atoms with van der Waals surface area (Å²) in [6.07, 6.45) is 8.41. The third kappa shape index (κ3) is 2.83. The minimum atomic E-state index is -0.858. The van der Waals surface area contributed by atoms with Crippen LogP contribution in [0.5, 0.6) is 0 Å². The second-order valence-electron chi connectivity index (χ2n) is 11.5. The number of fused-ring (bicyclic) bond motifs is 5. The van der Waals surface area contributed by atoms with Crippen molar-refractivity contribution in [2.75, 3.05) is 6.61 Å². The van der Waals surface area contributed by atoms with E-state index >= 15 is 0 Å². The van der Waals surface area contributed by atoms with Crippen molar-refractivity contribution in [2.45, 2.75) is 95.9 Å². The normalized spacial score (nSPS) is 51.3. The molecule has 0 amide bonds. The van der Waals surface area contributed by atoms with Gasteiger partial charge in [-0.05, 0) is 80.1 Å². The van der Waals surface area contributed by atoms with Gasteiger partial charge in [0.25, 0.3) is 0 Å². The zero-order valence-electron chi connectivity index (χ0n) is 19.0. The molecule has 0 aromatic rings. The maximum Gasteiger partial charge on any atom is 0.331 e. The summed E-state index contributed by atoms with van der Waals surface area (Å²) in [4.78, 5) is 23.2. The standard InChI is InChI=1S/C25H36O6/c1-15(26)31-17-4-8-22(2)19-5-9-23(3)18(16-12-21(27)30-14-16)7-11-25(23,29)20(19)6-10-24(22,28)13-17/h12,17-20,28-29H,4-11,13-14H2,1-3H3/t17-,18-,19+,20-,22+,23-,24+,25-/m0/s1. The fraction of sp³-hybridized carbons (Fsp3) is 0.840. The van der Waals surface area contributed by atoms with Gasteiger partial charge in [-0.25, -0.2) is 4.79 Å². The van der Waals surface area contributed by atoms with E-state index in [1.165, 1.54) is 6.92 Å². The minimum absolute atomic E-state index is 0.144. The van der Waals surface area contributed by atoms with Crippen molar-refractivity contribution in [1.82, 2.24) is 0 Å². The number of rotatable bonds is 2. The van der Waals surface area contributed by atoms with Gasteiger partial charge in [0, 0.05) is 24.8 Å². The molecule has 4 saturated carbocycles. The average Bonchev–Trinajstić information content (AvgIpc) is 3.22. The number of hydrogen-bond acceptors (Lipinski definition) is 6. The Labute approximate surface area is 184 Å². The van der Waals surface area contributed by atoms with E-state index in [0.717, 1.165) is 50.5 Å². The number of cyclic esters (lactones) is 1. The third-order valence-electron chi connectivity index (χ3n) is 10.4. The average molecular weight is 433 g/mol. The van der Waals surface area contributed by atoms with Crippen LogP contribution < -0.4 is 0 Å². The van der Waals surface area contributed by atoms with E-state index in [1.54, 1.807) is 6.08 Å². The van der Waals surface area contributed by atoms with Crippen LogP contribution in [0.4, 0.5) is 0 Å². The highest BCUT2D eigenvalue weighted by molar-refractivity contribution is 5.85. The molecule has 31 heavy (non-hydrogen) atoms. The van der Waals surface area contributed by atoms with Crippen LogP contribution in [0, 0.1) is 28.6 Å². The maximum absolute atomic E-state index is 12.2. The van der Waals surface area contributed by atoms with E-state index in [4.69, 9.17) is 9.47 Å². The monoisotopic (exact) mass is 432 g/mol. The lowest BCUT2D eigenvalue weighted by Gasteiger charge is -2.66. The number of carbonyl (C=O) groups excluding carboxylic acids is 2. The first-order valence-electron chi connectivity index (χ1n) is 12.0. The van der Waals surface area contributed by atoms with E-state index in [2.05, 4.69) is 13.8 Å². The van der Waals surface area contributed by atoms with Crippen LogP contribution in [0.2, 0.25) is 0 Å². The van der Waals surface area contributed by atoms with Gasteiger partial charge in [-0.15, -0.1) is 0 Å². The molecular formula is C25H36O6. The fourth-order valence-corrected chi connectivity index (χ4v) is 8.70. The largest absolute Gasteiger partial charge is 0.462 e. The van der Waals surface area contributed by atoms with Gasteiger partial charge in [0.2, 0.25) is 0 Å². The smallest absolute Gasteiger partial charge is 0.331 e. The van der Waals surface area contributed by atoms with Crippen molar-refractivity contribution in [3.8, 4) is 0 Å². The molecule has 6 nitrogen and oxygen atoms in total. The Morgan fingerprint density at radius 2 is 1.74 bits per heavy atom. The van der Waals surface area contributed by atoms with Gasteiger partial charge >= 0.3 is 11.9 Å². The summed E-state index contributed by atoms with van der Waals surface area (Å²) >= 11 is 0. The van der Waals surface area contributed by atoms with E-state index in [0.29, 0.717) is 19.4 Å². The fourth-order valence-electron chi connectivity index (χ4n) is 8.70. The molecule has 0 saturated heterocycles. The van der Waals surface area contributed by atoms with Gasteiger partial charge in [0.15, 0.2) is 0 Å². The molecule has 1 aliphatic heterocycles. The van der Waals surface area contributed by atoms with Gasteiger partial charge in [0.05, 0.1) is 11.2 Å². The molecule has 5 aliphatic rings. The second kappa shape index (κ2) is 6.80. The van der Waals surface area contributed by atoms with E-state index in [1.807, 2.05) is 0 Å². The molecule has 8 atom stereocenters. The highest BCUT2D eigenvalue weighted by Gasteiger charge is 2.70. The van der Waals surface area contributed by atoms with Crippen LogP contribution in [-0.2, 0) is 19.1 Å². The predicted molar refractivity (Wildman–Crippen MR) is 113 cm³/mol. The van der Waals surface area contributed by atoms with Crippen molar-refractivity contribution in [3.05, 3.63) is 11.6 Å². The number of carbonyl (C=O) groups is 2. The number of aliphatic hydroxyl groups is 2. The topological polar surface area (TPSA) is 93.1 Å². The Balaban J connectivity index is 1.43. The summed E-state index contributed by atoms with van der Waals surface area (Å²) in [6.45, 7) is 6.21. The summed E-state index contributed by atoms with van der Waals surface area (Å²) in [5.74, 6) is 0.0252. The van der Waals surface area contributed by atoms with Crippen molar-refractivity contribution in [2.24, 2.45) is 28.6 Å². The number of ether oxygens (including phenoxy) is 2. The molecule has 6 heteroatoms. The van der Waals surface area contributed by atoms with Crippen molar-refractivity contribution >= 4 is 11.9 Å². The number of hydrogen-bond donors (Lipinski definition) is 2. The van der Waals surface area contributed by atoms with E-state index in [-0.39, 0.29) is 46.6 Å². The maximum atomic E-state index is 12.2. The van der Waals surface area contributed by atoms with Crippen LogP contribution >= 0.6 is 0 Å². The molecule has 0 aromatic carbocycles. The molecule has 0 radical (unpaired) electrons. The number of esters is 2. The first kappa shape index (κ1) is 21.4. The zero-order valence-corrected chi connectivity index (χ0v) is 19.0. The van der Waals surface area contributed by atoms with Gasteiger partial charge in [-0.1, -0.05) is 13.8 Å². The molecule has 0 aromatic heterocycles. The Morgan fingerprint density at radius 3 is 2.42 bits per heavy atom. The molecule has 0 spiro atoms. The van der Waals surface area contributed by atoms with E-state index in [9.17, 15) is 19.8 Å². The van der Waals surface area contributed by atoms with E-state index < -0.39 is 11.2 Å². The highest BCUT2D eigenvalue weighted by atomic mass is 16.5. The van der Waals surface area contributed by atoms with Gasteiger partial charge in [-0.2, -0.15) is 0 Å². The van der Waals surface area contributed by atoms with Crippen LogP contribution in [-0.4, -0.2) is 46.1 Å². The molecule has 2 N–H and O–H groups in total.